The molecule has 0 N–H and O–H groups in total. The lowest BCUT2D eigenvalue weighted by Crippen LogP contribution is -2.09. The van der Waals surface area contributed by atoms with E-state index >= 15 is 0 Å². The normalized spacial score (nSPS) is 10.5. The number of hydrogen-bond donors (Lipinski definition) is 0. The van der Waals surface area contributed by atoms with Gasteiger partial charge in [0.1, 0.15) is 0 Å². The minimum absolute atomic E-state index is 0.228. The van der Waals surface area contributed by atoms with Crippen molar-refractivity contribution >= 4 is 5.97 Å². The van der Waals surface area contributed by atoms with Crippen LogP contribution >= 0.6 is 0 Å². The lowest BCUT2D eigenvalue weighted by Gasteiger charge is -2.04. The third-order valence-electron chi connectivity index (χ3n) is 2.84. The van der Waals surface area contributed by atoms with Gasteiger partial charge in [-0.15, -0.1) is 5.10 Å². The van der Waals surface area contributed by atoms with Gasteiger partial charge in [-0.25, -0.2) is 4.68 Å². The summed E-state index contributed by atoms with van der Waals surface area (Å²) in [5.41, 5.74) is 2.56. The fraction of sp³-hybridized carbons (Fsp3) is 0.385. The largest absolute Gasteiger partial charge is 0.466 e. The standard InChI is InChI=1S/C13H16N4O2/c1-4-19-13(18)8-11-9(2)16-17(10(11)3)12-6-5-7-14-15-12/h5-7H,4,8H2,1-3H3. The van der Waals surface area contributed by atoms with E-state index in [2.05, 4.69) is 15.3 Å². The number of carbonyl (C=O) groups excluding carboxylic acids is 1. The Morgan fingerprint density at radius 2 is 2.21 bits per heavy atom. The average molecular weight is 260 g/mol. The molecule has 0 saturated heterocycles. The molecule has 0 atom stereocenters. The highest BCUT2D eigenvalue weighted by atomic mass is 16.5. The van der Waals surface area contributed by atoms with Crippen LogP contribution in [-0.4, -0.2) is 32.6 Å². The van der Waals surface area contributed by atoms with Crippen molar-refractivity contribution < 1.29 is 9.53 Å². The molecule has 0 bridgehead atoms. The SMILES string of the molecule is CCOC(=O)Cc1c(C)nn(-c2cccnn2)c1C. The first-order valence-corrected chi connectivity index (χ1v) is 6.12. The fourth-order valence-electron chi connectivity index (χ4n) is 1.92. The van der Waals surface area contributed by atoms with E-state index in [1.807, 2.05) is 19.9 Å². The smallest absolute Gasteiger partial charge is 0.310 e. The van der Waals surface area contributed by atoms with Gasteiger partial charge in [-0.05, 0) is 32.9 Å². The maximum Gasteiger partial charge on any atom is 0.310 e. The minimum atomic E-state index is -0.243. The van der Waals surface area contributed by atoms with Crippen molar-refractivity contribution in [3.05, 3.63) is 35.3 Å². The number of nitrogens with zero attached hydrogens (tertiary/aromatic N) is 4. The molecule has 0 aliphatic rings. The molecule has 0 radical (unpaired) electrons. The molecule has 2 aromatic rings. The number of rotatable bonds is 4. The third-order valence-corrected chi connectivity index (χ3v) is 2.84. The van der Waals surface area contributed by atoms with Crippen molar-refractivity contribution in [2.45, 2.75) is 27.2 Å². The Bertz CT molecular complexity index is 578. The van der Waals surface area contributed by atoms with Gasteiger partial charge in [-0.1, -0.05) is 0 Å². The molecule has 0 amide bonds. The van der Waals surface area contributed by atoms with E-state index in [1.165, 1.54) is 0 Å². The van der Waals surface area contributed by atoms with Gasteiger partial charge in [0.15, 0.2) is 5.82 Å². The number of aryl methyl sites for hydroxylation is 1. The van der Waals surface area contributed by atoms with Crippen molar-refractivity contribution in [1.29, 1.82) is 0 Å². The lowest BCUT2D eigenvalue weighted by molar-refractivity contribution is -0.142. The number of aromatic nitrogens is 4. The maximum atomic E-state index is 11.6. The number of ether oxygens (including phenoxy) is 1. The predicted octanol–water partition coefficient (Wildman–Crippen LogP) is 1.38. The number of esters is 1. The van der Waals surface area contributed by atoms with Crippen molar-refractivity contribution in [3.8, 4) is 5.82 Å². The van der Waals surface area contributed by atoms with Gasteiger partial charge in [0.25, 0.3) is 0 Å². The highest BCUT2D eigenvalue weighted by Crippen LogP contribution is 2.17. The molecule has 19 heavy (non-hydrogen) atoms. The highest BCUT2D eigenvalue weighted by Gasteiger charge is 2.16. The summed E-state index contributed by atoms with van der Waals surface area (Å²) >= 11 is 0. The van der Waals surface area contributed by atoms with Gasteiger partial charge in [0, 0.05) is 17.5 Å². The first kappa shape index (κ1) is 13.2. The Kier molecular flexibility index (Phi) is 3.89. The van der Waals surface area contributed by atoms with Crippen LogP contribution in [0.3, 0.4) is 0 Å². The topological polar surface area (TPSA) is 69.9 Å². The maximum absolute atomic E-state index is 11.6. The predicted molar refractivity (Wildman–Crippen MR) is 69.0 cm³/mol. The number of carbonyl (C=O) groups is 1. The van der Waals surface area contributed by atoms with E-state index < -0.39 is 0 Å². The monoisotopic (exact) mass is 260 g/mol. The van der Waals surface area contributed by atoms with Crippen LogP contribution < -0.4 is 0 Å². The summed E-state index contributed by atoms with van der Waals surface area (Å²) in [6.45, 7) is 5.95. The zero-order valence-electron chi connectivity index (χ0n) is 11.3. The first-order valence-electron chi connectivity index (χ1n) is 6.12. The molecule has 100 valence electrons. The van der Waals surface area contributed by atoms with E-state index in [4.69, 9.17) is 4.74 Å². The summed E-state index contributed by atoms with van der Waals surface area (Å²) in [6, 6.07) is 3.62. The molecule has 0 aliphatic heterocycles. The van der Waals surface area contributed by atoms with Crippen LogP contribution in [0.15, 0.2) is 18.3 Å². The van der Waals surface area contributed by atoms with E-state index in [0.717, 1.165) is 17.0 Å². The molecule has 0 spiro atoms. The molecule has 0 saturated carbocycles. The van der Waals surface area contributed by atoms with E-state index in [1.54, 1.807) is 23.9 Å². The summed E-state index contributed by atoms with van der Waals surface area (Å²) in [4.78, 5) is 11.6. The van der Waals surface area contributed by atoms with E-state index in [0.29, 0.717) is 12.4 Å². The zero-order chi connectivity index (χ0) is 13.8. The second kappa shape index (κ2) is 5.60. The average Bonchev–Trinajstić information content (AvgIpc) is 2.68. The van der Waals surface area contributed by atoms with Gasteiger partial charge in [0.05, 0.1) is 18.7 Å². The van der Waals surface area contributed by atoms with Gasteiger partial charge in [0.2, 0.25) is 0 Å². The molecule has 0 aromatic carbocycles. The third kappa shape index (κ3) is 2.78. The Hall–Kier alpha value is -2.24. The summed E-state index contributed by atoms with van der Waals surface area (Å²) < 4.78 is 6.66. The van der Waals surface area contributed by atoms with Crippen molar-refractivity contribution in [2.75, 3.05) is 6.61 Å². The summed E-state index contributed by atoms with van der Waals surface area (Å²) in [5, 5.41) is 12.2. The summed E-state index contributed by atoms with van der Waals surface area (Å²) in [7, 11) is 0. The minimum Gasteiger partial charge on any atom is -0.466 e. The van der Waals surface area contributed by atoms with Crippen LogP contribution in [0.4, 0.5) is 0 Å². The Balaban J connectivity index is 2.33. The lowest BCUT2D eigenvalue weighted by atomic mass is 10.1. The van der Waals surface area contributed by atoms with Crippen molar-refractivity contribution in [1.82, 2.24) is 20.0 Å². The molecule has 0 unspecified atom stereocenters. The molecule has 2 aromatic heterocycles. The molecule has 6 nitrogen and oxygen atoms in total. The molecule has 2 rings (SSSR count). The Morgan fingerprint density at radius 1 is 1.42 bits per heavy atom. The Morgan fingerprint density at radius 3 is 2.84 bits per heavy atom. The van der Waals surface area contributed by atoms with Gasteiger partial charge < -0.3 is 4.74 Å². The van der Waals surface area contributed by atoms with Gasteiger partial charge in [-0.2, -0.15) is 10.2 Å². The fourth-order valence-corrected chi connectivity index (χ4v) is 1.92. The summed E-state index contributed by atoms with van der Waals surface area (Å²) in [6.07, 6.45) is 1.83. The highest BCUT2D eigenvalue weighted by molar-refractivity contribution is 5.73. The van der Waals surface area contributed by atoms with Crippen LogP contribution in [-0.2, 0) is 16.0 Å². The van der Waals surface area contributed by atoms with Gasteiger partial charge in [-0.3, -0.25) is 4.79 Å². The van der Waals surface area contributed by atoms with Crippen LogP contribution in [0, 0.1) is 13.8 Å². The second-order valence-electron chi connectivity index (χ2n) is 4.12. The molecule has 2 heterocycles. The van der Waals surface area contributed by atoms with Crippen molar-refractivity contribution in [2.24, 2.45) is 0 Å². The zero-order valence-corrected chi connectivity index (χ0v) is 11.3. The van der Waals surface area contributed by atoms with Gasteiger partial charge >= 0.3 is 5.97 Å². The molecule has 0 aliphatic carbocycles. The van der Waals surface area contributed by atoms with E-state index in [9.17, 15) is 4.79 Å². The van der Waals surface area contributed by atoms with Crippen LogP contribution in [0.2, 0.25) is 0 Å². The van der Waals surface area contributed by atoms with Crippen LogP contribution in [0.1, 0.15) is 23.9 Å². The first-order chi connectivity index (χ1) is 9.13. The second-order valence-corrected chi connectivity index (χ2v) is 4.12. The van der Waals surface area contributed by atoms with Crippen LogP contribution in [0.25, 0.3) is 5.82 Å². The molecule has 6 heteroatoms. The summed E-state index contributed by atoms with van der Waals surface area (Å²) in [5.74, 6) is 0.394. The molecular weight excluding hydrogens is 244 g/mol. The number of hydrogen-bond acceptors (Lipinski definition) is 5. The van der Waals surface area contributed by atoms with Crippen molar-refractivity contribution in [3.63, 3.8) is 0 Å². The van der Waals surface area contributed by atoms with E-state index in [-0.39, 0.29) is 12.4 Å². The molecular formula is C13H16N4O2. The Labute approximate surface area is 111 Å². The van der Waals surface area contributed by atoms with Crippen LogP contribution in [0.5, 0.6) is 0 Å². The quantitative estimate of drug-likeness (QED) is 0.777. The molecule has 0 fully saturated rings.